The van der Waals surface area contributed by atoms with Gasteiger partial charge in [-0.3, -0.25) is 0 Å². The number of nitrogens with zero attached hydrogens (tertiary/aromatic N) is 1. The Hall–Kier alpha value is -1.98. The van der Waals surface area contributed by atoms with Gasteiger partial charge < -0.3 is 5.32 Å². The molecule has 2 aromatic carbocycles. The van der Waals surface area contributed by atoms with Crippen molar-refractivity contribution >= 4 is 17.3 Å². The third kappa shape index (κ3) is 3.20. The average Bonchev–Trinajstić information content (AvgIpc) is 3.32. The highest BCUT2D eigenvalue weighted by Gasteiger charge is 2.32. The summed E-state index contributed by atoms with van der Waals surface area (Å²) in [5, 5.41) is 13.1. The van der Waals surface area contributed by atoms with E-state index in [4.69, 9.17) is 16.9 Å². The predicted molar refractivity (Wildman–Crippen MR) is 86.4 cm³/mol. The van der Waals surface area contributed by atoms with Gasteiger partial charge in [0.25, 0.3) is 0 Å². The van der Waals surface area contributed by atoms with Crippen LogP contribution in [-0.2, 0) is 0 Å². The molecule has 2 nitrogen and oxygen atoms in total. The summed E-state index contributed by atoms with van der Waals surface area (Å²) in [5.74, 6) is 0.666. The Morgan fingerprint density at radius 2 is 1.90 bits per heavy atom. The zero-order chi connectivity index (χ0) is 14.8. The molecule has 0 aromatic heterocycles. The van der Waals surface area contributed by atoms with Crippen molar-refractivity contribution in [1.82, 2.24) is 0 Å². The Bertz CT molecular complexity index is 681. The fraction of sp³-hybridized carbons (Fsp3) is 0.278. The van der Waals surface area contributed by atoms with E-state index in [1.807, 2.05) is 6.07 Å². The van der Waals surface area contributed by atoms with Crippen LogP contribution < -0.4 is 5.32 Å². The Kier molecular flexibility index (Phi) is 3.86. The third-order valence-corrected chi connectivity index (χ3v) is 4.25. The van der Waals surface area contributed by atoms with E-state index in [2.05, 4.69) is 42.6 Å². The maximum Gasteiger partial charge on any atom is 0.0992 e. The lowest BCUT2D eigenvalue weighted by Gasteiger charge is -2.21. The molecule has 0 radical (unpaired) electrons. The number of aryl methyl sites for hydroxylation is 1. The van der Waals surface area contributed by atoms with Crippen molar-refractivity contribution in [2.45, 2.75) is 25.8 Å². The van der Waals surface area contributed by atoms with E-state index < -0.39 is 0 Å². The Labute approximate surface area is 130 Å². The molecule has 3 heteroatoms. The quantitative estimate of drug-likeness (QED) is 0.853. The van der Waals surface area contributed by atoms with Gasteiger partial charge in [-0.05, 0) is 49.4 Å². The van der Waals surface area contributed by atoms with Crippen LogP contribution >= 0.6 is 11.6 Å². The van der Waals surface area contributed by atoms with Gasteiger partial charge in [-0.15, -0.1) is 0 Å². The Morgan fingerprint density at radius 1 is 1.19 bits per heavy atom. The van der Waals surface area contributed by atoms with Crippen LogP contribution in [0.3, 0.4) is 0 Å². The van der Waals surface area contributed by atoms with Gasteiger partial charge in [0.1, 0.15) is 0 Å². The molecule has 3 rings (SSSR count). The van der Waals surface area contributed by atoms with Crippen LogP contribution in [0.2, 0.25) is 5.02 Å². The summed E-state index contributed by atoms with van der Waals surface area (Å²) < 4.78 is 0. The van der Waals surface area contributed by atoms with Gasteiger partial charge >= 0.3 is 0 Å². The number of halogens is 1. The molecule has 1 atom stereocenters. The molecule has 1 N–H and O–H groups in total. The molecule has 0 heterocycles. The SMILES string of the molecule is Cc1ccc(C(Nc2ccc(C#N)cc2Cl)C2CC2)cc1. The van der Waals surface area contributed by atoms with Crippen LogP contribution in [-0.4, -0.2) is 0 Å². The lowest BCUT2D eigenvalue weighted by Crippen LogP contribution is -2.13. The van der Waals surface area contributed by atoms with E-state index in [1.165, 1.54) is 24.0 Å². The van der Waals surface area contributed by atoms with Crippen LogP contribution in [0, 0.1) is 24.2 Å². The van der Waals surface area contributed by atoms with Gasteiger partial charge in [0, 0.05) is 0 Å². The smallest absolute Gasteiger partial charge is 0.0992 e. The monoisotopic (exact) mass is 296 g/mol. The number of hydrogen-bond donors (Lipinski definition) is 1. The summed E-state index contributed by atoms with van der Waals surface area (Å²) in [4.78, 5) is 0. The minimum absolute atomic E-state index is 0.288. The molecule has 1 saturated carbocycles. The number of rotatable bonds is 4. The number of anilines is 1. The zero-order valence-corrected chi connectivity index (χ0v) is 12.7. The first-order valence-electron chi connectivity index (χ1n) is 7.20. The highest BCUT2D eigenvalue weighted by atomic mass is 35.5. The maximum atomic E-state index is 8.91. The van der Waals surface area contributed by atoms with Crippen molar-refractivity contribution in [3.63, 3.8) is 0 Å². The van der Waals surface area contributed by atoms with Gasteiger partial charge in [0.2, 0.25) is 0 Å². The summed E-state index contributed by atoms with van der Waals surface area (Å²) in [6.07, 6.45) is 2.50. The second kappa shape index (κ2) is 5.79. The van der Waals surface area contributed by atoms with Gasteiger partial charge in [0.05, 0.1) is 28.4 Å². The lowest BCUT2D eigenvalue weighted by molar-refractivity contribution is 0.679. The Morgan fingerprint density at radius 3 is 2.48 bits per heavy atom. The zero-order valence-electron chi connectivity index (χ0n) is 11.9. The van der Waals surface area contributed by atoms with Gasteiger partial charge in [-0.2, -0.15) is 5.26 Å². The topological polar surface area (TPSA) is 35.8 Å². The molecule has 2 aromatic rings. The lowest BCUT2D eigenvalue weighted by atomic mass is 10.0. The fourth-order valence-corrected chi connectivity index (χ4v) is 2.78. The third-order valence-electron chi connectivity index (χ3n) is 3.94. The van der Waals surface area contributed by atoms with E-state index in [1.54, 1.807) is 12.1 Å². The number of benzene rings is 2. The molecule has 0 spiro atoms. The molecular weight excluding hydrogens is 280 g/mol. The molecular formula is C18H17ClN2. The van der Waals surface area contributed by atoms with E-state index in [0.717, 1.165) is 5.69 Å². The first-order valence-corrected chi connectivity index (χ1v) is 7.58. The molecule has 0 saturated heterocycles. The number of hydrogen-bond acceptors (Lipinski definition) is 2. The minimum Gasteiger partial charge on any atom is -0.377 e. The first-order chi connectivity index (χ1) is 10.2. The summed E-state index contributed by atoms with van der Waals surface area (Å²) in [7, 11) is 0. The molecule has 1 aliphatic rings. The maximum absolute atomic E-state index is 8.91. The summed E-state index contributed by atoms with van der Waals surface area (Å²) in [6, 6.07) is 16.5. The number of nitriles is 1. The van der Waals surface area contributed by atoms with Crippen molar-refractivity contribution in [2.24, 2.45) is 5.92 Å². The highest BCUT2D eigenvalue weighted by Crippen LogP contribution is 2.43. The van der Waals surface area contributed by atoms with Crippen molar-refractivity contribution in [2.75, 3.05) is 5.32 Å². The molecule has 0 aliphatic heterocycles. The largest absolute Gasteiger partial charge is 0.377 e. The van der Waals surface area contributed by atoms with Crippen LogP contribution in [0.4, 0.5) is 5.69 Å². The second-order valence-electron chi connectivity index (χ2n) is 5.68. The van der Waals surface area contributed by atoms with Crippen molar-refractivity contribution in [3.05, 3.63) is 64.2 Å². The van der Waals surface area contributed by atoms with Gasteiger partial charge in [-0.25, -0.2) is 0 Å². The molecule has 1 unspecified atom stereocenters. The van der Waals surface area contributed by atoms with Crippen LogP contribution in [0.5, 0.6) is 0 Å². The van der Waals surface area contributed by atoms with E-state index in [9.17, 15) is 0 Å². The fourth-order valence-electron chi connectivity index (χ4n) is 2.55. The van der Waals surface area contributed by atoms with Crippen molar-refractivity contribution in [3.8, 4) is 6.07 Å². The van der Waals surface area contributed by atoms with Gasteiger partial charge in [-0.1, -0.05) is 41.4 Å². The van der Waals surface area contributed by atoms with Crippen LogP contribution in [0.15, 0.2) is 42.5 Å². The van der Waals surface area contributed by atoms with Crippen molar-refractivity contribution in [1.29, 1.82) is 5.26 Å². The van der Waals surface area contributed by atoms with Crippen LogP contribution in [0.1, 0.15) is 35.6 Å². The summed E-state index contributed by atoms with van der Waals surface area (Å²) in [5.41, 5.74) is 4.05. The molecule has 1 aliphatic carbocycles. The minimum atomic E-state index is 0.288. The van der Waals surface area contributed by atoms with E-state index in [-0.39, 0.29) is 6.04 Å². The standard InChI is InChI=1S/C18H17ClN2/c1-12-2-5-14(6-3-12)18(15-7-8-15)21-17-9-4-13(11-20)10-16(17)19/h2-6,9-10,15,18,21H,7-8H2,1H3. The summed E-state index contributed by atoms with van der Waals surface area (Å²) >= 11 is 6.28. The van der Waals surface area contributed by atoms with E-state index in [0.29, 0.717) is 16.5 Å². The summed E-state index contributed by atoms with van der Waals surface area (Å²) in [6.45, 7) is 2.10. The average molecular weight is 297 g/mol. The molecule has 21 heavy (non-hydrogen) atoms. The van der Waals surface area contributed by atoms with Crippen LogP contribution in [0.25, 0.3) is 0 Å². The first kappa shape index (κ1) is 14.0. The van der Waals surface area contributed by atoms with Crippen molar-refractivity contribution < 1.29 is 0 Å². The van der Waals surface area contributed by atoms with Gasteiger partial charge in [0.15, 0.2) is 0 Å². The molecule has 0 amide bonds. The molecule has 1 fully saturated rings. The van der Waals surface area contributed by atoms with E-state index >= 15 is 0 Å². The Balaban J connectivity index is 1.86. The number of nitrogens with one attached hydrogen (secondary N) is 1. The molecule has 106 valence electrons. The molecule has 0 bridgehead atoms. The second-order valence-corrected chi connectivity index (χ2v) is 6.08. The normalized spacial score (nSPS) is 15.3. The highest BCUT2D eigenvalue weighted by molar-refractivity contribution is 6.33. The predicted octanol–water partition coefficient (Wildman–Crippen LogP) is 5.08.